The van der Waals surface area contributed by atoms with Crippen molar-refractivity contribution in [1.82, 2.24) is 9.88 Å². The predicted octanol–water partition coefficient (Wildman–Crippen LogP) is 2.50. The Kier molecular flexibility index (Phi) is 4.98. The standard InChI is InChI=1S/C15H25N3O2/c1-10(2)15(4,5)9-16-14(20)17-12-8-18(6)13(19)7-11(12)3/h7-8,10H,9H2,1-6H3,(H2,16,17,20). The van der Waals surface area contributed by atoms with Gasteiger partial charge in [-0.15, -0.1) is 0 Å². The maximum absolute atomic E-state index is 11.9. The zero-order valence-electron chi connectivity index (χ0n) is 13.2. The quantitative estimate of drug-likeness (QED) is 0.889. The van der Waals surface area contributed by atoms with Crippen LogP contribution in [0.25, 0.3) is 0 Å². The summed E-state index contributed by atoms with van der Waals surface area (Å²) in [5, 5.41) is 5.66. The van der Waals surface area contributed by atoms with Crippen molar-refractivity contribution in [2.24, 2.45) is 18.4 Å². The molecule has 0 radical (unpaired) electrons. The molecule has 0 aromatic carbocycles. The van der Waals surface area contributed by atoms with Crippen LogP contribution in [0.1, 0.15) is 33.3 Å². The molecule has 0 atom stereocenters. The minimum Gasteiger partial charge on any atom is -0.337 e. The zero-order chi connectivity index (χ0) is 15.5. The van der Waals surface area contributed by atoms with Crippen molar-refractivity contribution >= 4 is 11.7 Å². The molecule has 20 heavy (non-hydrogen) atoms. The zero-order valence-corrected chi connectivity index (χ0v) is 13.2. The van der Waals surface area contributed by atoms with Gasteiger partial charge in [-0.05, 0) is 23.8 Å². The van der Waals surface area contributed by atoms with Gasteiger partial charge in [0.25, 0.3) is 5.56 Å². The molecule has 2 N–H and O–H groups in total. The number of rotatable bonds is 4. The Balaban J connectivity index is 2.68. The molecular formula is C15H25N3O2. The molecule has 0 spiro atoms. The van der Waals surface area contributed by atoms with Gasteiger partial charge in [-0.1, -0.05) is 27.7 Å². The second-order valence-electron chi connectivity index (χ2n) is 6.27. The summed E-state index contributed by atoms with van der Waals surface area (Å²) >= 11 is 0. The summed E-state index contributed by atoms with van der Waals surface area (Å²) in [6.07, 6.45) is 1.63. The molecule has 1 heterocycles. The summed E-state index contributed by atoms with van der Waals surface area (Å²) in [4.78, 5) is 23.4. The Morgan fingerprint density at radius 2 is 2.00 bits per heavy atom. The van der Waals surface area contributed by atoms with Crippen molar-refractivity contribution < 1.29 is 4.79 Å². The average molecular weight is 279 g/mol. The van der Waals surface area contributed by atoms with E-state index in [-0.39, 0.29) is 17.0 Å². The highest BCUT2D eigenvalue weighted by Gasteiger charge is 2.22. The van der Waals surface area contributed by atoms with Crippen LogP contribution in [-0.2, 0) is 7.05 Å². The van der Waals surface area contributed by atoms with Gasteiger partial charge in [0.2, 0.25) is 0 Å². The van der Waals surface area contributed by atoms with Gasteiger partial charge in [-0.2, -0.15) is 0 Å². The first-order valence-electron chi connectivity index (χ1n) is 6.85. The van der Waals surface area contributed by atoms with E-state index >= 15 is 0 Å². The maximum atomic E-state index is 11.9. The second-order valence-corrected chi connectivity index (χ2v) is 6.27. The Morgan fingerprint density at radius 1 is 1.40 bits per heavy atom. The van der Waals surface area contributed by atoms with Gasteiger partial charge in [-0.25, -0.2) is 4.79 Å². The maximum Gasteiger partial charge on any atom is 0.319 e. The molecule has 0 bridgehead atoms. The SMILES string of the molecule is Cc1cc(=O)n(C)cc1NC(=O)NCC(C)(C)C(C)C. The monoisotopic (exact) mass is 279 g/mol. The van der Waals surface area contributed by atoms with Gasteiger partial charge in [0.05, 0.1) is 5.69 Å². The molecular weight excluding hydrogens is 254 g/mol. The molecule has 5 heteroatoms. The molecule has 0 fully saturated rings. The van der Waals surface area contributed by atoms with Crippen LogP contribution in [0.4, 0.5) is 10.5 Å². The van der Waals surface area contributed by atoms with E-state index in [4.69, 9.17) is 0 Å². The van der Waals surface area contributed by atoms with E-state index in [0.717, 1.165) is 5.56 Å². The highest BCUT2D eigenvalue weighted by atomic mass is 16.2. The van der Waals surface area contributed by atoms with Crippen molar-refractivity contribution in [3.8, 4) is 0 Å². The fourth-order valence-corrected chi connectivity index (χ4v) is 1.53. The van der Waals surface area contributed by atoms with Crippen LogP contribution >= 0.6 is 0 Å². The number of nitrogens with zero attached hydrogens (tertiary/aromatic N) is 1. The lowest BCUT2D eigenvalue weighted by atomic mass is 9.81. The molecule has 2 amide bonds. The van der Waals surface area contributed by atoms with Crippen LogP contribution < -0.4 is 16.2 Å². The summed E-state index contributed by atoms with van der Waals surface area (Å²) in [5.41, 5.74) is 1.35. The van der Waals surface area contributed by atoms with Gasteiger partial charge >= 0.3 is 6.03 Å². The van der Waals surface area contributed by atoms with Gasteiger partial charge in [-0.3, -0.25) is 4.79 Å². The minimum atomic E-state index is -0.250. The molecule has 0 aliphatic rings. The predicted molar refractivity (Wildman–Crippen MR) is 82.1 cm³/mol. The molecule has 0 saturated heterocycles. The van der Waals surface area contributed by atoms with Crippen molar-refractivity contribution in [3.63, 3.8) is 0 Å². The van der Waals surface area contributed by atoms with Crippen LogP contribution in [0.2, 0.25) is 0 Å². The van der Waals surface area contributed by atoms with Gasteiger partial charge in [0.15, 0.2) is 0 Å². The van der Waals surface area contributed by atoms with E-state index in [2.05, 4.69) is 38.3 Å². The molecule has 0 saturated carbocycles. The van der Waals surface area contributed by atoms with Gasteiger partial charge in [0.1, 0.15) is 0 Å². The molecule has 1 rings (SSSR count). The summed E-state index contributed by atoms with van der Waals surface area (Å²) in [6, 6.07) is 1.26. The first-order valence-corrected chi connectivity index (χ1v) is 6.85. The number of carbonyl (C=O) groups is 1. The summed E-state index contributed by atoms with van der Waals surface area (Å²) in [5.74, 6) is 0.474. The Hall–Kier alpha value is -1.78. The molecule has 1 aromatic heterocycles. The number of nitrogens with one attached hydrogen (secondary N) is 2. The lowest BCUT2D eigenvalue weighted by molar-refractivity contribution is 0.223. The highest BCUT2D eigenvalue weighted by molar-refractivity contribution is 5.89. The lowest BCUT2D eigenvalue weighted by Gasteiger charge is -2.29. The molecule has 1 aromatic rings. The third kappa shape index (κ3) is 4.11. The number of hydrogen-bond donors (Lipinski definition) is 2. The normalized spacial score (nSPS) is 11.6. The van der Waals surface area contributed by atoms with E-state index in [1.807, 2.05) is 0 Å². The third-order valence-electron chi connectivity index (χ3n) is 3.95. The Bertz CT molecular complexity index is 545. The molecule has 0 aliphatic heterocycles. The van der Waals surface area contributed by atoms with Crippen LogP contribution in [0.15, 0.2) is 17.1 Å². The van der Waals surface area contributed by atoms with Crippen LogP contribution in [0.3, 0.4) is 0 Å². The van der Waals surface area contributed by atoms with Crippen LogP contribution in [-0.4, -0.2) is 17.1 Å². The molecule has 112 valence electrons. The number of anilines is 1. The van der Waals surface area contributed by atoms with Crippen LogP contribution in [0, 0.1) is 18.3 Å². The summed E-state index contributed by atoms with van der Waals surface area (Å²) in [7, 11) is 1.66. The van der Waals surface area contributed by atoms with Crippen molar-refractivity contribution in [1.29, 1.82) is 0 Å². The van der Waals surface area contributed by atoms with Gasteiger partial charge in [0, 0.05) is 25.9 Å². The fourth-order valence-electron chi connectivity index (χ4n) is 1.53. The fraction of sp³-hybridized carbons (Fsp3) is 0.600. The number of aromatic nitrogens is 1. The summed E-state index contributed by atoms with van der Waals surface area (Å²) in [6.45, 7) is 10.9. The number of pyridine rings is 1. The number of urea groups is 1. The third-order valence-corrected chi connectivity index (χ3v) is 3.95. The van der Waals surface area contributed by atoms with E-state index < -0.39 is 0 Å². The summed E-state index contributed by atoms with van der Waals surface area (Å²) < 4.78 is 1.45. The Morgan fingerprint density at radius 3 is 2.55 bits per heavy atom. The number of carbonyl (C=O) groups excluding carboxylic acids is 1. The smallest absolute Gasteiger partial charge is 0.319 e. The highest BCUT2D eigenvalue weighted by Crippen LogP contribution is 2.24. The van der Waals surface area contributed by atoms with Crippen LogP contribution in [0.5, 0.6) is 0 Å². The number of amides is 2. The van der Waals surface area contributed by atoms with E-state index in [0.29, 0.717) is 18.2 Å². The number of aryl methyl sites for hydroxylation is 2. The molecule has 5 nitrogen and oxygen atoms in total. The van der Waals surface area contributed by atoms with Crippen molar-refractivity contribution in [2.75, 3.05) is 11.9 Å². The lowest BCUT2D eigenvalue weighted by Crippen LogP contribution is -2.39. The van der Waals surface area contributed by atoms with Gasteiger partial charge < -0.3 is 15.2 Å². The number of hydrogen-bond acceptors (Lipinski definition) is 2. The second kappa shape index (κ2) is 6.11. The minimum absolute atomic E-state index is 0.0376. The first-order chi connectivity index (χ1) is 9.13. The van der Waals surface area contributed by atoms with Crippen molar-refractivity contribution in [3.05, 3.63) is 28.2 Å². The molecule has 0 aliphatic carbocycles. The average Bonchev–Trinajstić information content (AvgIpc) is 2.33. The molecule has 0 unspecified atom stereocenters. The Labute approximate surface area is 120 Å². The topological polar surface area (TPSA) is 63.1 Å². The largest absolute Gasteiger partial charge is 0.337 e. The van der Waals surface area contributed by atoms with E-state index in [9.17, 15) is 9.59 Å². The van der Waals surface area contributed by atoms with Crippen molar-refractivity contribution in [2.45, 2.75) is 34.6 Å². The first kappa shape index (κ1) is 16.3. The van der Waals surface area contributed by atoms with E-state index in [1.165, 1.54) is 10.6 Å². The van der Waals surface area contributed by atoms with E-state index in [1.54, 1.807) is 20.2 Å².